The Balaban J connectivity index is 1.67. The third-order valence-electron chi connectivity index (χ3n) is 4.43. The van der Waals surface area contributed by atoms with Crippen molar-refractivity contribution in [3.8, 4) is 0 Å². The molecule has 1 aliphatic rings. The molecule has 1 aromatic heterocycles. The van der Waals surface area contributed by atoms with Crippen LogP contribution in [0.1, 0.15) is 17.0 Å². The first-order valence-corrected chi connectivity index (χ1v) is 8.34. The molecule has 0 aliphatic carbocycles. The average Bonchev–Trinajstić information content (AvgIpc) is 2.89. The Morgan fingerprint density at radius 3 is 2.76 bits per heavy atom. The number of rotatable bonds is 6. The van der Waals surface area contributed by atoms with Crippen LogP contribution in [0.3, 0.4) is 0 Å². The molecule has 8 nitrogen and oxygen atoms in total. The molecule has 3 rings (SSSR count). The maximum atomic E-state index is 11.1. The van der Waals surface area contributed by atoms with E-state index in [1.807, 2.05) is 12.1 Å². The first-order chi connectivity index (χ1) is 12.0. The predicted molar refractivity (Wildman–Crippen MR) is 94.5 cm³/mol. The highest BCUT2D eigenvalue weighted by Gasteiger charge is 2.23. The number of aromatic nitrogens is 2. The van der Waals surface area contributed by atoms with Gasteiger partial charge in [-0.2, -0.15) is 0 Å². The second-order valence-corrected chi connectivity index (χ2v) is 6.21. The van der Waals surface area contributed by atoms with Gasteiger partial charge < -0.3 is 20.2 Å². The number of imidazole rings is 1. The van der Waals surface area contributed by atoms with Crippen molar-refractivity contribution in [2.75, 3.05) is 31.6 Å². The van der Waals surface area contributed by atoms with Crippen LogP contribution >= 0.6 is 0 Å². The van der Waals surface area contributed by atoms with E-state index < -0.39 is 4.92 Å². The molecule has 1 saturated heterocycles. The summed E-state index contributed by atoms with van der Waals surface area (Å²) in [6.07, 6.45) is 0. The highest BCUT2D eigenvalue weighted by Crippen LogP contribution is 2.24. The van der Waals surface area contributed by atoms with E-state index in [2.05, 4.69) is 27.3 Å². The number of aryl methyl sites for hydroxylation is 1. The van der Waals surface area contributed by atoms with E-state index in [0.29, 0.717) is 18.2 Å². The summed E-state index contributed by atoms with van der Waals surface area (Å²) in [5, 5.41) is 14.3. The van der Waals surface area contributed by atoms with Crippen molar-refractivity contribution in [2.45, 2.75) is 20.0 Å². The molecular formula is C17H23N5O3. The number of hydrogen-bond acceptors (Lipinski definition) is 6. The summed E-state index contributed by atoms with van der Waals surface area (Å²) < 4.78 is 7.08. The van der Waals surface area contributed by atoms with Crippen molar-refractivity contribution in [1.29, 1.82) is 0 Å². The predicted octanol–water partition coefficient (Wildman–Crippen LogP) is 2.08. The Morgan fingerprint density at radius 2 is 2.04 bits per heavy atom. The topological polar surface area (TPSA) is 85.5 Å². The van der Waals surface area contributed by atoms with Crippen molar-refractivity contribution in [2.24, 2.45) is 7.05 Å². The van der Waals surface area contributed by atoms with Crippen LogP contribution in [-0.2, 0) is 24.9 Å². The summed E-state index contributed by atoms with van der Waals surface area (Å²) in [6, 6.07) is 8.29. The molecule has 1 aromatic carbocycles. The van der Waals surface area contributed by atoms with Crippen LogP contribution in [0.25, 0.3) is 0 Å². The van der Waals surface area contributed by atoms with Gasteiger partial charge in [0.15, 0.2) is 0 Å². The first kappa shape index (κ1) is 17.4. The zero-order valence-corrected chi connectivity index (χ0v) is 14.6. The maximum absolute atomic E-state index is 11.1. The van der Waals surface area contributed by atoms with Crippen LogP contribution < -0.4 is 5.32 Å². The third-order valence-corrected chi connectivity index (χ3v) is 4.43. The summed E-state index contributed by atoms with van der Waals surface area (Å²) in [7, 11) is 1.77. The van der Waals surface area contributed by atoms with Gasteiger partial charge in [-0.3, -0.25) is 9.47 Å². The molecule has 0 amide bonds. The smallest absolute Gasteiger partial charge is 0.379 e. The van der Waals surface area contributed by atoms with Crippen LogP contribution in [0, 0.1) is 17.0 Å². The molecule has 0 unspecified atom stereocenters. The maximum Gasteiger partial charge on any atom is 0.406 e. The van der Waals surface area contributed by atoms with Gasteiger partial charge in [0.2, 0.25) is 11.6 Å². The van der Waals surface area contributed by atoms with Crippen LogP contribution in [0.2, 0.25) is 0 Å². The van der Waals surface area contributed by atoms with Gasteiger partial charge in [0.25, 0.3) is 0 Å². The molecule has 8 heteroatoms. The fourth-order valence-corrected chi connectivity index (χ4v) is 2.96. The summed E-state index contributed by atoms with van der Waals surface area (Å²) in [5.41, 5.74) is 2.32. The molecular weight excluding hydrogens is 322 g/mol. The molecule has 0 saturated carbocycles. The van der Waals surface area contributed by atoms with Gasteiger partial charge in [0.1, 0.15) is 0 Å². The lowest BCUT2D eigenvalue weighted by atomic mass is 10.1. The zero-order chi connectivity index (χ0) is 17.8. The van der Waals surface area contributed by atoms with Crippen LogP contribution in [-0.4, -0.2) is 45.7 Å². The Bertz CT molecular complexity index is 753. The number of nitro groups is 1. The van der Waals surface area contributed by atoms with Crippen molar-refractivity contribution in [3.63, 3.8) is 0 Å². The molecule has 0 radical (unpaired) electrons. The lowest BCUT2D eigenvalue weighted by Crippen LogP contribution is -2.35. The van der Waals surface area contributed by atoms with Crippen molar-refractivity contribution < 1.29 is 9.66 Å². The normalized spacial score (nSPS) is 15.3. The summed E-state index contributed by atoms with van der Waals surface area (Å²) in [6.45, 7) is 6.61. The summed E-state index contributed by atoms with van der Waals surface area (Å²) in [5.74, 6) is 0.904. The molecule has 0 bridgehead atoms. The van der Waals surface area contributed by atoms with Gasteiger partial charge in [-0.25, -0.2) is 0 Å². The number of nitrogens with one attached hydrogen (secondary N) is 1. The third kappa shape index (κ3) is 4.15. The highest BCUT2D eigenvalue weighted by molar-refractivity contribution is 5.53. The number of nitrogens with zero attached hydrogens (tertiary/aromatic N) is 4. The van der Waals surface area contributed by atoms with Gasteiger partial charge in [0.05, 0.1) is 13.2 Å². The van der Waals surface area contributed by atoms with Crippen LogP contribution in [0.15, 0.2) is 24.3 Å². The molecule has 0 spiro atoms. The standard InChI is InChI=1S/C17H23N5O3/c1-13-19-17(22(23)24)16(20(13)2)18-11-14-4-3-5-15(10-14)12-21-6-8-25-9-7-21/h3-5,10,18H,6-9,11-12H2,1-2H3. The van der Waals surface area contributed by atoms with E-state index in [4.69, 9.17) is 4.74 Å². The minimum absolute atomic E-state index is 0.135. The second kappa shape index (κ2) is 7.62. The molecule has 134 valence electrons. The van der Waals surface area contributed by atoms with E-state index in [-0.39, 0.29) is 5.82 Å². The Kier molecular flexibility index (Phi) is 5.30. The van der Waals surface area contributed by atoms with E-state index in [1.54, 1.807) is 18.5 Å². The van der Waals surface area contributed by atoms with Crippen molar-refractivity contribution in [1.82, 2.24) is 14.5 Å². The van der Waals surface area contributed by atoms with E-state index in [0.717, 1.165) is 38.4 Å². The molecule has 25 heavy (non-hydrogen) atoms. The Labute approximate surface area is 146 Å². The van der Waals surface area contributed by atoms with Crippen molar-refractivity contribution in [3.05, 3.63) is 51.3 Å². The van der Waals surface area contributed by atoms with Gasteiger partial charge in [-0.1, -0.05) is 24.3 Å². The minimum atomic E-state index is -0.454. The highest BCUT2D eigenvalue weighted by atomic mass is 16.6. The molecule has 2 heterocycles. The zero-order valence-electron chi connectivity index (χ0n) is 14.6. The Morgan fingerprint density at radius 1 is 1.32 bits per heavy atom. The van der Waals surface area contributed by atoms with Gasteiger partial charge in [-0.05, 0) is 21.0 Å². The number of hydrogen-bond donors (Lipinski definition) is 1. The monoisotopic (exact) mass is 345 g/mol. The van der Waals surface area contributed by atoms with Crippen LogP contribution in [0.4, 0.5) is 11.6 Å². The van der Waals surface area contributed by atoms with Gasteiger partial charge >= 0.3 is 5.82 Å². The lowest BCUT2D eigenvalue weighted by Gasteiger charge is -2.26. The second-order valence-electron chi connectivity index (χ2n) is 6.21. The first-order valence-electron chi connectivity index (χ1n) is 8.34. The molecule has 2 aromatic rings. The Hall–Kier alpha value is -2.45. The lowest BCUT2D eigenvalue weighted by molar-refractivity contribution is -0.388. The fourth-order valence-electron chi connectivity index (χ4n) is 2.96. The molecule has 1 aliphatic heterocycles. The minimum Gasteiger partial charge on any atom is -0.379 e. The average molecular weight is 345 g/mol. The molecule has 1 N–H and O–H groups in total. The molecule has 0 atom stereocenters. The number of morpholine rings is 1. The van der Waals surface area contributed by atoms with Crippen molar-refractivity contribution >= 4 is 11.6 Å². The quantitative estimate of drug-likeness (QED) is 0.637. The van der Waals surface area contributed by atoms with E-state index in [9.17, 15) is 10.1 Å². The number of benzene rings is 1. The van der Waals surface area contributed by atoms with Crippen LogP contribution in [0.5, 0.6) is 0 Å². The van der Waals surface area contributed by atoms with E-state index >= 15 is 0 Å². The summed E-state index contributed by atoms with van der Waals surface area (Å²) in [4.78, 5) is 17.1. The largest absolute Gasteiger partial charge is 0.406 e. The number of ether oxygens (including phenoxy) is 1. The SMILES string of the molecule is Cc1nc([N+](=O)[O-])c(NCc2cccc(CN3CCOCC3)c2)n1C. The van der Waals surface area contributed by atoms with Gasteiger partial charge in [0, 0.05) is 40.2 Å². The molecule has 1 fully saturated rings. The number of anilines is 1. The van der Waals surface area contributed by atoms with E-state index in [1.165, 1.54) is 5.56 Å². The fraction of sp³-hybridized carbons (Fsp3) is 0.471. The van der Waals surface area contributed by atoms with Gasteiger partial charge in [-0.15, -0.1) is 0 Å². The summed E-state index contributed by atoms with van der Waals surface area (Å²) >= 11 is 0.